The summed E-state index contributed by atoms with van der Waals surface area (Å²) >= 11 is 0. The summed E-state index contributed by atoms with van der Waals surface area (Å²) in [5, 5.41) is 0. The molecule has 1 aliphatic heterocycles. The van der Waals surface area contributed by atoms with E-state index in [1.54, 1.807) is 60.7 Å². The lowest BCUT2D eigenvalue weighted by atomic mass is 9.95. The van der Waals surface area contributed by atoms with Crippen LogP contribution in [-0.2, 0) is 19.0 Å². The van der Waals surface area contributed by atoms with Crippen molar-refractivity contribution in [2.45, 2.75) is 31.3 Å². The topological polar surface area (TPSA) is 137 Å². The molecule has 0 spiro atoms. The summed E-state index contributed by atoms with van der Waals surface area (Å²) < 4.78 is 18.6. The van der Waals surface area contributed by atoms with E-state index in [0.717, 1.165) is 4.57 Å². The van der Waals surface area contributed by atoms with E-state index in [0.29, 0.717) is 0 Å². The number of hydrogen-bond acceptors (Lipinski definition) is 8. The van der Waals surface area contributed by atoms with Crippen molar-refractivity contribution in [3.8, 4) is 0 Å². The van der Waals surface area contributed by atoms with Crippen LogP contribution >= 0.6 is 0 Å². The molecular formula is C27H27N3O8. The summed E-state index contributed by atoms with van der Waals surface area (Å²) in [6, 6.07) is 16.3. The van der Waals surface area contributed by atoms with E-state index in [1.807, 2.05) is 0 Å². The summed E-state index contributed by atoms with van der Waals surface area (Å²) in [7, 11) is 2.96. The average Bonchev–Trinajstić information content (AvgIpc) is 3.28. The standard InChI is InChI=1S/C27H27N3O8/c1-17-15-30(26(35)28-22(17)31)21-14-20(37-24(33)19-12-8-5-9-13-19)27(38-21,25(34)29(2)3)16-36-23(32)18-10-6-4-7-11-18/h4-13,15,20-21H,14,16H2,1-3H3,(H,28,31,35)/t20-,21+,27+/m0/s1. The highest BCUT2D eigenvalue weighted by molar-refractivity contribution is 5.92. The van der Waals surface area contributed by atoms with Gasteiger partial charge in [-0.3, -0.25) is 19.1 Å². The predicted octanol–water partition coefficient (Wildman–Crippen LogP) is 1.67. The molecule has 1 aliphatic rings. The van der Waals surface area contributed by atoms with Crippen molar-refractivity contribution in [1.29, 1.82) is 0 Å². The molecule has 0 radical (unpaired) electrons. The van der Waals surface area contributed by atoms with Gasteiger partial charge in [-0.25, -0.2) is 14.4 Å². The fraction of sp³-hybridized carbons (Fsp3) is 0.296. The van der Waals surface area contributed by atoms with Crippen LogP contribution in [0.2, 0.25) is 0 Å². The molecule has 3 atom stereocenters. The Bertz CT molecular complexity index is 1450. The molecule has 38 heavy (non-hydrogen) atoms. The molecule has 0 aliphatic carbocycles. The number of H-pyrrole nitrogens is 1. The molecule has 4 rings (SSSR count). The van der Waals surface area contributed by atoms with Crippen LogP contribution in [0.15, 0.2) is 76.4 Å². The van der Waals surface area contributed by atoms with Gasteiger partial charge in [-0.05, 0) is 31.2 Å². The van der Waals surface area contributed by atoms with Gasteiger partial charge in [0.1, 0.15) is 18.9 Å². The molecule has 0 bridgehead atoms. The number of ether oxygens (including phenoxy) is 3. The summed E-state index contributed by atoms with van der Waals surface area (Å²) in [6.45, 7) is 0.911. The van der Waals surface area contributed by atoms with Gasteiger partial charge in [0, 0.05) is 32.3 Å². The van der Waals surface area contributed by atoms with Crippen molar-refractivity contribution in [2.24, 2.45) is 0 Å². The van der Waals surface area contributed by atoms with E-state index < -0.39 is 53.6 Å². The lowest BCUT2D eigenvalue weighted by Gasteiger charge is -2.34. The van der Waals surface area contributed by atoms with Gasteiger partial charge < -0.3 is 19.1 Å². The minimum atomic E-state index is -1.98. The molecule has 198 valence electrons. The number of hydrogen-bond donors (Lipinski definition) is 1. The Labute approximate surface area is 217 Å². The van der Waals surface area contributed by atoms with Crippen LogP contribution in [0.1, 0.15) is 38.9 Å². The fourth-order valence-electron chi connectivity index (χ4n) is 4.21. The number of aromatic nitrogens is 2. The highest BCUT2D eigenvalue weighted by Crippen LogP contribution is 2.40. The zero-order valence-corrected chi connectivity index (χ0v) is 21.1. The van der Waals surface area contributed by atoms with Gasteiger partial charge in [-0.2, -0.15) is 0 Å². The van der Waals surface area contributed by atoms with Crippen molar-refractivity contribution < 1.29 is 28.6 Å². The second kappa shape index (κ2) is 10.9. The van der Waals surface area contributed by atoms with Gasteiger partial charge in [0.05, 0.1) is 11.1 Å². The first-order valence-electron chi connectivity index (χ1n) is 11.8. The zero-order valence-electron chi connectivity index (χ0n) is 21.1. The minimum absolute atomic E-state index is 0.133. The molecule has 1 N–H and O–H groups in total. The highest BCUT2D eigenvalue weighted by atomic mass is 16.6. The van der Waals surface area contributed by atoms with Crippen molar-refractivity contribution in [1.82, 2.24) is 14.5 Å². The lowest BCUT2D eigenvalue weighted by Crippen LogP contribution is -2.57. The third kappa shape index (κ3) is 5.28. The highest BCUT2D eigenvalue weighted by Gasteiger charge is 2.59. The number of aryl methyl sites for hydroxylation is 1. The number of carbonyl (C=O) groups excluding carboxylic acids is 3. The number of benzene rings is 2. The smallest absolute Gasteiger partial charge is 0.338 e. The van der Waals surface area contributed by atoms with Crippen LogP contribution in [0.5, 0.6) is 0 Å². The van der Waals surface area contributed by atoms with E-state index in [4.69, 9.17) is 14.2 Å². The monoisotopic (exact) mass is 521 g/mol. The maximum atomic E-state index is 13.6. The number of nitrogens with one attached hydrogen (secondary N) is 1. The first-order chi connectivity index (χ1) is 18.1. The average molecular weight is 522 g/mol. The number of rotatable bonds is 7. The van der Waals surface area contributed by atoms with Gasteiger partial charge >= 0.3 is 17.6 Å². The van der Waals surface area contributed by atoms with Crippen LogP contribution in [0.25, 0.3) is 0 Å². The normalized spacial score (nSPS) is 20.5. The van der Waals surface area contributed by atoms with Gasteiger partial charge in [0.2, 0.25) is 5.60 Å². The zero-order chi connectivity index (χ0) is 27.4. The Morgan fingerprint density at radius 1 is 1.00 bits per heavy atom. The molecule has 1 amide bonds. The Balaban J connectivity index is 1.74. The Kier molecular flexibility index (Phi) is 7.58. The second-order valence-corrected chi connectivity index (χ2v) is 9.08. The Morgan fingerprint density at radius 2 is 1.58 bits per heavy atom. The van der Waals surface area contributed by atoms with Crippen molar-refractivity contribution >= 4 is 17.8 Å². The van der Waals surface area contributed by atoms with Gasteiger partial charge in [-0.1, -0.05) is 36.4 Å². The predicted molar refractivity (Wildman–Crippen MR) is 135 cm³/mol. The summed E-state index contributed by atoms with van der Waals surface area (Å²) in [4.78, 5) is 67.4. The van der Waals surface area contributed by atoms with E-state index in [-0.39, 0.29) is 23.1 Å². The number of likely N-dealkylation sites (N-methyl/N-ethyl adjacent to an activating group) is 1. The van der Waals surface area contributed by atoms with Crippen molar-refractivity contribution in [3.05, 3.63) is 104 Å². The van der Waals surface area contributed by atoms with Crippen molar-refractivity contribution in [2.75, 3.05) is 20.7 Å². The lowest BCUT2D eigenvalue weighted by molar-refractivity contribution is -0.175. The minimum Gasteiger partial charge on any atom is -0.458 e. The molecule has 1 aromatic heterocycles. The summed E-state index contributed by atoms with van der Waals surface area (Å²) in [6.07, 6.45) is -1.20. The quantitative estimate of drug-likeness (QED) is 0.464. The van der Waals surface area contributed by atoms with Crippen molar-refractivity contribution in [3.63, 3.8) is 0 Å². The maximum Gasteiger partial charge on any atom is 0.338 e. The number of amides is 1. The molecule has 3 aromatic rings. The first-order valence-corrected chi connectivity index (χ1v) is 11.8. The molecule has 2 heterocycles. The van der Waals surface area contributed by atoms with Crippen LogP contribution in [-0.4, -0.2) is 64.7 Å². The Morgan fingerprint density at radius 3 is 2.16 bits per heavy atom. The van der Waals surface area contributed by atoms with Gasteiger partial charge in [-0.15, -0.1) is 0 Å². The molecule has 1 saturated heterocycles. The molecule has 0 saturated carbocycles. The van der Waals surface area contributed by atoms with Crippen LogP contribution in [0, 0.1) is 6.92 Å². The second-order valence-electron chi connectivity index (χ2n) is 9.08. The largest absolute Gasteiger partial charge is 0.458 e. The molecule has 11 heteroatoms. The third-order valence-corrected chi connectivity index (χ3v) is 6.19. The van der Waals surface area contributed by atoms with E-state index in [2.05, 4.69) is 4.98 Å². The first kappa shape index (κ1) is 26.6. The molecule has 11 nitrogen and oxygen atoms in total. The number of esters is 2. The maximum absolute atomic E-state index is 13.6. The Hall–Kier alpha value is -4.51. The van der Waals surface area contributed by atoms with E-state index in [1.165, 1.54) is 32.1 Å². The fourth-order valence-corrected chi connectivity index (χ4v) is 4.21. The molecular weight excluding hydrogens is 494 g/mol. The SMILES string of the molecule is Cc1cn([C@H]2C[C@H](OC(=O)c3ccccc3)[C@](COC(=O)c3ccccc3)(C(=O)N(C)C)O2)c(=O)[nH]c1=O. The van der Waals surface area contributed by atoms with Crippen LogP contribution < -0.4 is 11.2 Å². The van der Waals surface area contributed by atoms with Gasteiger partial charge in [0.25, 0.3) is 11.5 Å². The number of aromatic amines is 1. The van der Waals surface area contributed by atoms with E-state index >= 15 is 0 Å². The molecule has 0 unspecified atom stereocenters. The summed E-state index contributed by atoms with van der Waals surface area (Å²) in [5.41, 5.74) is -2.60. The van der Waals surface area contributed by atoms with Crippen LogP contribution in [0.3, 0.4) is 0 Å². The van der Waals surface area contributed by atoms with Crippen LogP contribution in [0.4, 0.5) is 0 Å². The number of carbonyl (C=O) groups is 3. The van der Waals surface area contributed by atoms with E-state index in [9.17, 15) is 24.0 Å². The molecule has 2 aromatic carbocycles. The summed E-state index contributed by atoms with van der Waals surface area (Å²) in [5.74, 6) is -2.08. The van der Waals surface area contributed by atoms with Gasteiger partial charge in [0.15, 0.2) is 0 Å². The number of nitrogens with zero attached hydrogens (tertiary/aromatic N) is 2. The molecule has 1 fully saturated rings. The third-order valence-electron chi connectivity index (χ3n) is 6.19.